The second-order valence-electron chi connectivity index (χ2n) is 4.59. The lowest BCUT2D eigenvalue weighted by atomic mass is 10.1. The monoisotopic (exact) mass is 165 g/mol. The molecule has 1 heterocycles. The molecule has 0 amide bonds. The van der Waals surface area contributed by atoms with Gasteiger partial charge in [0.15, 0.2) is 0 Å². The SMILES string of the molecule is CC(C)C1CC1CN1CC=CC1. The Hall–Kier alpha value is -0.300. The Labute approximate surface area is 75.4 Å². The fourth-order valence-electron chi connectivity index (χ4n) is 2.30. The van der Waals surface area contributed by atoms with Crippen LogP contribution in [-0.4, -0.2) is 24.5 Å². The van der Waals surface area contributed by atoms with Crippen molar-refractivity contribution < 1.29 is 0 Å². The summed E-state index contributed by atoms with van der Waals surface area (Å²) in [6.45, 7) is 8.44. The highest BCUT2D eigenvalue weighted by molar-refractivity contribution is 4.98. The van der Waals surface area contributed by atoms with E-state index in [-0.39, 0.29) is 0 Å². The normalized spacial score (nSPS) is 34.9. The molecule has 0 saturated heterocycles. The molecule has 0 radical (unpaired) electrons. The van der Waals surface area contributed by atoms with Gasteiger partial charge in [0, 0.05) is 19.6 Å². The Morgan fingerprint density at radius 3 is 2.50 bits per heavy atom. The van der Waals surface area contributed by atoms with Crippen LogP contribution in [0.1, 0.15) is 20.3 Å². The molecule has 0 bridgehead atoms. The second-order valence-corrected chi connectivity index (χ2v) is 4.59. The lowest BCUT2D eigenvalue weighted by Crippen LogP contribution is -2.23. The van der Waals surface area contributed by atoms with E-state index < -0.39 is 0 Å². The summed E-state index contributed by atoms with van der Waals surface area (Å²) in [6, 6.07) is 0. The molecular formula is C11H19N. The zero-order valence-electron chi connectivity index (χ0n) is 8.16. The average Bonchev–Trinajstić information content (AvgIpc) is 2.57. The van der Waals surface area contributed by atoms with Gasteiger partial charge in [0.1, 0.15) is 0 Å². The van der Waals surface area contributed by atoms with E-state index in [0.29, 0.717) is 0 Å². The lowest BCUT2D eigenvalue weighted by molar-refractivity contribution is 0.320. The molecular weight excluding hydrogens is 146 g/mol. The zero-order chi connectivity index (χ0) is 8.55. The lowest BCUT2D eigenvalue weighted by Gasteiger charge is -2.14. The van der Waals surface area contributed by atoms with E-state index in [1.807, 2.05) is 0 Å². The molecule has 0 aromatic rings. The summed E-state index contributed by atoms with van der Waals surface area (Å²) in [5, 5.41) is 0. The maximum atomic E-state index is 2.55. The Balaban J connectivity index is 1.69. The van der Waals surface area contributed by atoms with Gasteiger partial charge in [-0.15, -0.1) is 0 Å². The summed E-state index contributed by atoms with van der Waals surface area (Å²) in [6.07, 6.45) is 6.05. The summed E-state index contributed by atoms with van der Waals surface area (Å²) in [7, 11) is 0. The van der Waals surface area contributed by atoms with Crippen molar-refractivity contribution in [3.05, 3.63) is 12.2 Å². The zero-order valence-corrected chi connectivity index (χ0v) is 8.16. The van der Waals surface area contributed by atoms with E-state index in [0.717, 1.165) is 17.8 Å². The van der Waals surface area contributed by atoms with Crippen LogP contribution in [0.5, 0.6) is 0 Å². The number of hydrogen-bond acceptors (Lipinski definition) is 1. The van der Waals surface area contributed by atoms with Gasteiger partial charge in [-0.3, -0.25) is 4.90 Å². The predicted molar refractivity (Wildman–Crippen MR) is 52.0 cm³/mol. The first-order valence-electron chi connectivity index (χ1n) is 5.14. The van der Waals surface area contributed by atoms with Gasteiger partial charge in [-0.25, -0.2) is 0 Å². The molecule has 2 atom stereocenters. The maximum absolute atomic E-state index is 2.55. The van der Waals surface area contributed by atoms with E-state index in [2.05, 4.69) is 30.9 Å². The molecule has 0 spiro atoms. The minimum absolute atomic E-state index is 0.908. The van der Waals surface area contributed by atoms with E-state index in [1.54, 1.807) is 0 Å². The highest BCUT2D eigenvalue weighted by Gasteiger charge is 2.39. The van der Waals surface area contributed by atoms with Crippen LogP contribution < -0.4 is 0 Å². The van der Waals surface area contributed by atoms with E-state index in [4.69, 9.17) is 0 Å². The van der Waals surface area contributed by atoms with Gasteiger partial charge >= 0.3 is 0 Å². The van der Waals surface area contributed by atoms with E-state index in [9.17, 15) is 0 Å². The van der Waals surface area contributed by atoms with Gasteiger partial charge in [-0.1, -0.05) is 26.0 Å². The van der Waals surface area contributed by atoms with Crippen molar-refractivity contribution in [2.24, 2.45) is 17.8 Å². The average molecular weight is 165 g/mol. The summed E-state index contributed by atoms with van der Waals surface area (Å²) < 4.78 is 0. The van der Waals surface area contributed by atoms with Gasteiger partial charge < -0.3 is 0 Å². The van der Waals surface area contributed by atoms with Crippen molar-refractivity contribution in [2.75, 3.05) is 19.6 Å². The van der Waals surface area contributed by atoms with Crippen LogP contribution >= 0.6 is 0 Å². The summed E-state index contributed by atoms with van der Waals surface area (Å²) in [5.74, 6) is 2.96. The fourth-order valence-corrected chi connectivity index (χ4v) is 2.30. The van der Waals surface area contributed by atoms with Crippen LogP contribution in [0.2, 0.25) is 0 Å². The quantitative estimate of drug-likeness (QED) is 0.579. The van der Waals surface area contributed by atoms with Gasteiger partial charge in [-0.05, 0) is 24.2 Å². The van der Waals surface area contributed by atoms with Gasteiger partial charge in [0.05, 0.1) is 0 Å². The predicted octanol–water partition coefficient (Wildman–Crippen LogP) is 2.15. The second kappa shape index (κ2) is 3.21. The third kappa shape index (κ3) is 1.71. The molecule has 1 fully saturated rings. The standard InChI is InChI=1S/C11H19N/c1-9(2)11-7-10(11)8-12-5-3-4-6-12/h3-4,9-11H,5-8H2,1-2H3. The largest absolute Gasteiger partial charge is 0.296 e. The molecule has 2 aliphatic rings. The number of rotatable bonds is 3. The van der Waals surface area contributed by atoms with Crippen LogP contribution in [0.25, 0.3) is 0 Å². The minimum atomic E-state index is 0.908. The number of hydrogen-bond donors (Lipinski definition) is 0. The van der Waals surface area contributed by atoms with E-state index >= 15 is 0 Å². The molecule has 1 nitrogen and oxygen atoms in total. The number of nitrogens with zero attached hydrogens (tertiary/aromatic N) is 1. The Morgan fingerprint density at radius 1 is 1.33 bits per heavy atom. The van der Waals surface area contributed by atoms with Crippen molar-refractivity contribution in [1.29, 1.82) is 0 Å². The van der Waals surface area contributed by atoms with Crippen molar-refractivity contribution in [2.45, 2.75) is 20.3 Å². The highest BCUT2D eigenvalue weighted by atomic mass is 15.1. The molecule has 68 valence electrons. The first-order valence-corrected chi connectivity index (χ1v) is 5.14. The Bertz CT molecular complexity index is 175. The maximum Gasteiger partial charge on any atom is 0.0167 e. The molecule has 1 heteroatoms. The summed E-state index contributed by atoms with van der Waals surface area (Å²) in [5.41, 5.74) is 0. The molecule has 1 aliphatic carbocycles. The van der Waals surface area contributed by atoms with Crippen LogP contribution in [0.15, 0.2) is 12.2 Å². The van der Waals surface area contributed by atoms with Crippen molar-refractivity contribution in [1.82, 2.24) is 4.90 Å². The topological polar surface area (TPSA) is 3.24 Å². The summed E-state index contributed by atoms with van der Waals surface area (Å²) in [4.78, 5) is 2.55. The molecule has 2 unspecified atom stereocenters. The third-order valence-corrected chi connectivity index (χ3v) is 3.22. The van der Waals surface area contributed by atoms with Gasteiger partial charge in [0.25, 0.3) is 0 Å². The Kier molecular flexibility index (Phi) is 2.22. The van der Waals surface area contributed by atoms with Crippen LogP contribution in [0.4, 0.5) is 0 Å². The third-order valence-electron chi connectivity index (χ3n) is 3.22. The molecule has 2 rings (SSSR count). The Morgan fingerprint density at radius 2 is 2.00 bits per heavy atom. The molecule has 1 aliphatic heterocycles. The molecule has 0 aromatic carbocycles. The van der Waals surface area contributed by atoms with Crippen molar-refractivity contribution >= 4 is 0 Å². The summed E-state index contributed by atoms with van der Waals surface area (Å²) >= 11 is 0. The first kappa shape index (κ1) is 8.31. The van der Waals surface area contributed by atoms with Gasteiger partial charge in [-0.2, -0.15) is 0 Å². The highest BCUT2D eigenvalue weighted by Crippen LogP contribution is 2.44. The van der Waals surface area contributed by atoms with Crippen molar-refractivity contribution in [3.8, 4) is 0 Å². The smallest absolute Gasteiger partial charge is 0.0167 e. The van der Waals surface area contributed by atoms with E-state index in [1.165, 1.54) is 26.1 Å². The van der Waals surface area contributed by atoms with Crippen LogP contribution in [0.3, 0.4) is 0 Å². The minimum Gasteiger partial charge on any atom is -0.296 e. The van der Waals surface area contributed by atoms with Crippen LogP contribution in [0, 0.1) is 17.8 Å². The van der Waals surface area contributed by atoms with Crippen molar-refractivity contribution in [3.63, 3.8) is 0 Å². The first-order chi connectivity index (χ1) is 5.77. The van der Waals surface area contributed by atoms with Gasteiger partial charge in [0.2, 0.25) is 0 Å². The molecule has 0 aromatic heterocycles. The molecule has 0 N–H and O–H groups in total. The fraction of sp³-hybridized carbons (Fsp3) is 0.818. The molecule has 1 saturated carbocycles. The molecule has 12 heavy (non-hydrogen) atoms. The van der Waals surface area contributed by atoms with Crippen LogP contribution in [-0.2, 0) is 0 Å².